The fourth-order valence-electron chi connectivity index (χ4n) is 3.20. The number of aromatic nitrogens is 1. The molecule has 1 unspecified atom stereocenters. The molecule has 2 heterocycles. The molecule has 5 nitrogen and oxygen atoms in total. The molecule has 1 aromatic heterocycles. The van der Waals surface area contributed by atoms with E-state index in [0.29, 0.717) is 24.2 Å². The summed E-state index contributed by atoms with van der Waals surface area (Å²) in [5.74, 6) is 2.35. The zero-order chi connectivity index (χ0) is 17.6. The van der Waals surface area contributed by atoms with Crippen molar-refractivity contribution in [3.8, 4) is 11.5 Å². The van der Waals surface area contributed by atoms with Crippen LogP contribution in [0.4, 0.5) is 0 Å². The highest BCUT2D eigenvalue weighted by molar-refractivity contribution is 5.40. The molecular formula is C21H22N2O3. The molecule has 0 amide bonds. The van der Waals surface area contributed by atoms with E-state index in [1.54, 1.807) is 12.5 Å². The standard InChI is InChI=1S/C21H22N2O3/c1-2-6-16(7-3-1)15-25-18-8-4-5-9-19(18)26-20(17-10-11-22-14-17)21-23-12-13-24-21/h1-9,12-13,17,20,22H,10-11,14-15H2/t17-,20?/m0/s1. The first kappa shape index (κ1) is 16.7. The summed E-state index contributed by atoms with van der Waals surface area (Å²) in [7, 11) is 0. The lowest BCUT2D eigenvalue weighted by atomic mass is 10.0. The Morgan fingerprint density at radius 2 is 1.88 bits per heavy atom. The minimum Gasteiger partial charge on any atom is -0.485 e. The van der Waals surface area contributed by atoms with Crippen LogP contribution >= 0.6 is 0 Å². The van der Waals surface area contributed by atoms with Gasteiger partial charge in [0.1, 0.15) is 12.9 Å². The van der Waals surface area contributed by atoms with Gasteiger partial charge in [-0.05, 0) is 30.7 Å². The summed E-state index contributed by atoms with van der Waals surface area (Å²) in [6.07, 6.45) is 4.04. The van der Waals surface area contributed by atoms with Crippen LogP contribution in [-0.2, 0) is 6.61 Å². The van der Waals surface area contributed by atoms with E-state index in [4.69, 9.17) is 13.9 Å². The van der Waals surface area contributed by atoms with Crippen LogP contribution in [0.2, 0.25) is 0 Å². The van der Waals surface area contributed by atoms with E-state index in [2.05, 4.69) is 10.3 Å². The maximum Gasteiger partial charge on any atom is 0.235 e. The summed E-state index contributed by atoms with van der Waals surface area (Å²) >= 11 is 0. The summed E-state index contributed by atoms with van der Waals surface area (Å²) < 4.78 is 17.9. The number of nitrogens with one attached hydrogen (secondary N) is 1. The molecule has 134 valence electrons. The van der Waals surface area contributed by atoms with Gasteiger partial charge in [-0.1, -0.05) is 42.5 Å². The number of benzene rings is 2. The van der Waals surface area contributed by atoms with Crippen molar-refractivity contribution in [1.29, 1.82) is 0 Å². The van der Waals surface area contributed by atoms with E-state index in [1.807, 2.05) is 54.6 Å². The predicted octanol–water partition coefficient (Wildman–Crippen LogP) is 3.98. The summed E-state index contributed by atoms with van der Waals surface area (Å²) in [6, 6.07) is 17.9. The molecule has 0 spiro atoms. The van der Waals surface area contributed by atoms with Crippen molar-refractivity contribution >= 4 is 0 Å². The van der Waals surface area contributed by atoms with E-state index >= 15 is 0 Å². The Hall–Kier alpha value is -2.79. The average Bonchev–Trinajstić information content (AvgIpc) is 3.40. The third kappa shape index (κ3) is 3.89. The van der Waals surface area contributed by atoms with Gasteiger partial charge in [-0.15, -0.1) is 0 Å². The maximum absolute atomic E-state index is 6.34. The quantitative estimate of drug-likeness (QED) is 0.698. The van der Waals surface area contributed by atoms with Crippen molar-refractivity contribution in [3.63, 3.8) is 0 Å². The highest BCUT2D eigenvalue weighted by Crippen LogP contribution is 2.36. The van der Waals surface area contributed by atoms with Crippen LogP contribution in [0.1, 0.15) is 24.0 Å². The van der Waals surface area contributed by atoms with Crippen molar-refractivity contribution in [3.05, 3.63) is 78.5 Å². The van der Waals surface area contributed by atoms with Gasteiger partial charge in [0, 0.05) is 12.5 Å². The van der Waals surface area contributed by atoms with Crippen molar-refractivity contribution in [1.82, 2.24) is 10.3 Å². The van der Waals surface area contributed by atoms with Crippen molar-refractivity contribution < 1.29 is 13.9 Å². The molecule has 0 bridgehead atoms. The van der Waals surface area contributed by atoms with Gasteiger partial charge in [-0.3, -0.25) is 0 Å². The van der Waals surface area contributed by atoms with Crippen molar-refractivity contribution in [2.45, 2.75) is 19.1 Å². The van der Waals surface area contributed by atoms with E-state index in [-0.39, 0.29) is 6.10 Å². The lowest BCUT2D eigenvalue weighted by molar-refractivity contribution is 0.108. The van der Waals surface area contributed by atoms with Crippen LogP contribution in [0.3, 0.4) is 0 Å². The Labute approximate surface area is 153 Å². The molecule has 4 rings (SSSR count). The molecule has 0 saturated carbocycles. The van der Waals surface area contributed by atoms with Crippen LogP contribution < -0.4 is 14.8 Å². The molecule has 1 aliphatic heterocycles. The minimum absolute atomic E-state index is 0.235. The zero-order valence-electron chi connectivity index (χ0n) is 14.5. The molecule has 1 saturated heterocycles. The third-order valence-corrected chi connectivity index (χ3v) is 4.56. The van der Waals surface area contributed by atoms with Crippen molar-refractivity contribution in [2.75, 3.05) is 13.1 Å². The Morgan fingerprint density at radius 3 is 2.62 bits per heavy atom. The van der Waals surface area contributed by atoms with Crippen LogP contribution in [0, 0.1) is 5.92 Å². The Bertz CT molecular complexity index is 799. The van der Waals surface area contributed by atoms with Crippen LogP contribution in [0.25, 0.3) is 0 Å². The number of hydrogen-bond acceptors (Lipinski definition) is 5. The smallest absolute Gasteiger partial charge is 0.235 e. The second kappa shape index (κ2) is 8.06. The van der Waals surface area contributed by atoms with Gasteiger partial charge in [0.25, 0.3) is 0 Å². The zero-order valence-corrected chi connectivity index (χ0v) is 14.5. The Kier molecular flexibility index (Phi) is 5.17. The highest BCUT2D eigenvalue weighted by Gasteiger charge is 2.32. The Balaban J connectivity index is 1.52. The molecule has 2 atom stereocenters. The maximum atomic E-state index is 6.34. The Morgan fingerprint density at radius 1 is 1.08 bits per heavy atom. The van der Waals surface area contributed by atoms with Crippen LogP contribution in [-0.4, -0.2) is 18.1 Å². The molecule has 5 heteroatoms. The molecule has 3 aromatic rings. The second-order valence-corrected chi connectivity index (χ2v) is 6.38. The molecule has 1 aliphatic rings. The first-order valence-electron chi connectivity index (χ1n) is 8.92. The lowest BCUT2D eigenvalue weighted by Crippen LogP contribution is -2.22. The van der Waals surface area contributed by atoms with Gasteiger partial charge in [-0.25, -0.2) is 4.98 Å². The molecule has 26 heavy (non-hydrogen) atoms. The van der Waals surface area contributed by atoms with E-state index in [9.17, 15) is 0 Å². The van der Waals surface area contributed by atoms with Crippen molar-refractivity contribution in [2.24, 2.45) is 5.92 Å². The molecule has 0 aliphatic carbocycles. The average molecular weight is 350 g/mol. The first-order chi connectivity index (χ1) is 12.9. The summed E-state index contributed by atoms with van der Waals surface area (Å²) in [5.41, 5.74) is 1.12. The summed E-state index contributed by atoms with van der Waals surface area (Å²) in [4.78, 5) is 4.32. The van der Waals surface area contributed by atoms with Gasteiger partial charge in [-0.2, -0.15) is 0 Å². The SMILES string of the molecule is c1ccc(COc2ccccc2OC(c2ncco2)[C@H]2CCNC2)cc1. The number of rotatable bonds is 7. The van der Waals surface area contributed by atoms with Gasteiger partial charge >= 0.3 is 0 Å². The molecule has 0 radical (unpaired) electrons. The third-order valence-electron chi connectivity index (χ3n) is 4.56. The van der Waals surface area contributed by atoms with Crippen LogP contribution in [0.15, 0.2) is 71.5 Å². The van der Waals surface area contributed by atoms with Gasteiger partial charge in [0.15, 0.2) is 17.6 Å². The van der Waals surface area contributed by atoms with Gasteiger partial charge in [0.05, 0.1) is 6.20 Å². The van der Waals surface area contributed by atoms with E-state index in [1.165, 1.54) is 0 Å². The van der Waals surface area contributed by atoms with Gasteiger partial charge < -0.3 is 19.2 Å². The fourth-order valence-corrected chi connectivity index (χ4v) is 3.20. The summed E-state index contributed by atoms with van der Waals surface area (Å²) in [6.45, 7) is 2.37. The molecule has 1 fully saturated rings. The molecule has 2 aromatic carbocycles. The molecular weight excluding hydrogens is 328 g/mol. The highest BCUT2D eigenvalue weighted by atomic mass is 16.5. The second-order valence-electron chi connectivity index (χ2n) is 6.38. The van der Waals surface area contributed by atoms with E-state index < -0.39 is 0 Å². The number of hydrogen-bond donors (Lipinski definition) is 1. The lowest BCUT2D eigenvalue weighted by Gasteiger charge is -2.23. The summed E-state index contributed by atoms with van der Waals surface area (Å²) in [5, 5.41) is 3.38. The topological polar surface area (TPSA) is 56.5 Å². The normalized spacial score (nSPS) is 17.8. The monoisotopic (exact) mass is 350 g/mol. The predicted molar refractivity (Wildman–Crippen MR) is 98.1 cm³/mol. The van der Waals surface area contributed by atoms with Gasteiger partial charge in [0.2, 0.25) is 5.89 Å². The number of oxazole rings is 1. The fraction of sp³-hybridized carbons (Fsp3) is 0.286. The minimum atomic E-state index is -0.235. The largest absolute Gasteiger partial charge is 0.485 e. The van der Waals surface area contributed by atoms with E-state index in [0.717, 1.165) is 30.8 Å². The number of para-hydroxylation sites is 2. The van der Waals surface area contributed by atoms with Crippen LogP contribution in [0.5, 0.6) is 11.5 Å². The first-order valence-corrected chi connectivity index (χ1v) is 8.92. The number of ether oxygens (including phenoxy) is 2. The number of nitrogens with zero attached hydrogens (tertiary/aromatic N) is 1. The molecule has 1 N–H and O–H groups in total.